The predicted octanol–water partition coefficient (Wildman–Crippen LogP) is 1.19. The first-order valence-corrected chi connectivity index (χ1v) is 5.82. The molecule has 1 heterocycles. The minimum absolute atomic E-state index is 0.0332. The molecule has 1 aromatic rings. The molecule has 16 heavy (non-hydrogen) atoms. The van der Waals surface area contributed by atoms with Crippen LogP contribution >= 0.6 is 0 Å². The molecule has 0 aliphatic carbocycles. The molecule has 0 amide bonds. The molecule has 0 spiro atoms. The van der Waals surface area contributed by atoms with Gasteiger partial charge in [0.15, 0.2) is 0 Å². The number of rotatable bonds is 5. The molecular formula is C12H21N3O. The SMILES string of the molecule is CCNC(Cn1nc(C)ccc1=O)C(C)C. The van der Waals surface area contributed by atoms with E-state index in [0.717, 1.165) is 12.2 Å². The van der Waals surface area contributed by atoms with Crippen LogP contribution in [0.15, 0.2) is 16.9 Å². The van der Waals surface area contributed by atoms with Crippen LogP contribution in [0.25, 0.3) is 0 Å². The molecule has 0 aromatic carbocycles. The summed E-state index contributed by atoms with van der Waals surface area (Å²) in [6, 6.07) is 3.61. The van der Waals surface area contributed by atoms with Crippen molar-refractivity contribution in [3.63, 3.8) is 0 Å². The van der Waals surface area contributed by atoms with E-state index in [1.165, 1.54) is 0 Å². The molecular weight excluding hydrogens is 202 g/mol. The highest BCUT2D eigenvalue weighted by Crippen LogP contribution is 2.03. The van der Waals surface area contributed by atoms with Gasteiger partial charge in [-0.05, 0) is 25.5 Å². The Bertz CT molecular complexity index is 384. The third-order valence-electron chi connectivity index (χ3n) is 2.64. The van der Waals surface area contributed by atoms with Crippen LogP contribution in [0.3, 0.4) is 0 Å². The molecule has 1 N–H and O–H groups in total. The highest BCUT2D eigenvalue weighted by atomic mass is 16.1. The summed E-state index contributed by atoms with van der Waals surface area (Å²) in [5, 5.41) is 7.62. The zero-order chi connectivity index (χ0) is 12.1. The molecule has 0 fully saturated rings. The van der Waals surface area contributed by atoms with Crippen molar-refractivity contribution in [1.82, 2.24) is 15.1 Å². The summed E-state index contributed by atoms with van der Waals surface area (Å²) in [6.45, 7) is 9.80. The molecule has 1 aromatic heterocycles. The van der Waals surface area contributed by atoms with Gasteiger partial charge in [-0.25, -0.2) is 4.68 Å². The molecule has 1 atom stereocenters. The second-order valence-corrected chi connectivity index (χ2v) is 4.40. The van der Waals surface area contributed by atoms with Crippen molar-refractivity contribution >= 4 is 0 Å². The maximum absolute atomic E-state index is 11.6. The quantitative estimate of drug-likeness (QED) is 0.815. The van der Waals surface area contributed by atoms with Crippen molar-refractivity contribution in [2.45, 2.75) is 40.3 Å². The molecule has 90 valence electrons. The van der Waals surface area contributed by atoms with Gasteiger partial charge < -0.3 is 5.32 Å². The lowest BCUT2D eigenvalue weighted by Crippen LogP contribution is -2.40. The monoisotopic (exact) mass is 223 g/mol. The zero-order valence-electron chi connectivity index (χ0n) is 10.5. The first-order valence-electron chi connectivity index (χ1n) is 5.82. The van der Waals surface area contributed by atoms with E-state index in [1.807, 2.05) is 6.92 Å². The van der Waals surface area contributed by atoms with Gasteiger partial charge in [0.25, 0.3) is 5.56 Å². The molecule has 0 aliphatic heterocycles. The lowest BCUT2D eigenvalue weighted by molar-refractivity contribution is 0.341. The van der Waals surface area contributed by atoms with Crippen molar-refractivity contribution < 1.29 is 0 Å². The summed E-state index contributed by atoms with van der Waals surface area (Å²) in [5.41, 5.74) is 0.841. The van der Waals surface area contributed by atoms with E-state index in [2.05, 4.69) is 31.2 Å². The van der Waals surface area contributed by atoms with Gasteiger partial charge in [-0.15, -0.1) is 0 Å². The minimum atomic E-state index is -0.0332. The van der Waals surface area contributed by atoms with Crippen LogP contribution in [0.1, 0.15) is 26.5 Å². The van der Waals surface area contributed by atoms with Crippen molar-refractivity contribution in [2.24, 2.45) is 5.92 Å². The van der Waals surface area contributed by atoms with Crippen molar-refractivity contribution in [1.29, 1.82) is 0 Å². The maximum atomic E-state index is 11.6. The Balaban J connectivity index is 2.84. The van der Waals surface area contributed by atoms with Gasteiger partial charge in [0, 0.05) is 12.1 Å². The average Bonchev–Trinajstić information content (AvgIpc) is 2.22. The minimum Gasteiger partial charge on any atom is -0.312 e. The largest absolute Gasteiger partial charge is 0.312 e. The fourth-order valence-corrected chi connectivity index (χ4v) is 1.64. The van der Waals surface area contributed by atoms with Crippen LogP contribution in [0, 0.1) is 12.8 Å². The fraction of sp³-hybridized carbons (Fsp3) is 0.667. The molecule has 0 aliphatic rings. The zero-order valence-corrected chi connectivity index (χ0v) is 10.5. The molecule has 0 bridgehead atoms. The first kappa shape index (κ1) is 12.9. The van der Waals surface area contributed by atoms with E-state index in [1.54, 1.807) is 16.8 Å². The summed E-state index contributed by atoms with van der Waals surface area (Å²) < 4.78 is 1.54. The first-order chi connectivity index (χ1) is 7.54. The summed E-state index contributed by atoms with van der Waals surface area (Å²) in [4.78, 5) is 11.6. The van der Waals surface area contributed by atoms with Gasteiger partial charge in [-0.3, -0.25) is 4.79 Å². The van der Waals surface area contributed by atoms with Gasteiger partial charge in [0.05, 0.1) is 12.2 Å². The van der Waals surface area contributed by atoms with Gasteiger partial charge in [-0.2, -0.15) is 5.10 Å². The Morgan fingerprint density at radius 1 is 1.44 bits per heavy atom. The van der Waals surface area contributed by atoms with E-state index < -0.39 is 0 Å². The summed E-state index contributed by atoms with van der Waals surface area (Å²) in [6.07, 6.45) is 0. The van der Waals surface area contributed by atoms with Gasteiger partial charge in [0.2, 0.25) is 0 Å². The Kier molecular flexibility index (Phi) is 4.68. The summed E-state index contributed by atoms with van der Waals surface area (Å²) in [5.74, 6) is 0.481. The molecule has 1 unspecified atom stereocenters. The predicted molar refractivity (Wildman–Crippen MR) is 65.5 cm³/mol. The van der Waals surface area contributed by atoms with Crippen LogP contribution in [-0.2, 0) is 6.54 Å². The summed E-state index contributed by atoms with van der Waals surface area (Å²) in [7, 11) is 0. The normalized spacial score (nSPS) is 13.1. The van der Waals surface area contributed by atoms with Gasteiger partial charge >= 0.3 is 0 Å². The highest BCUT2D eigenvalue weighted by Gasteiger charge is 2.13. The molecule has 0 saturated heterocycles. The Hall–Kier alpha value is -1.16. The number of hydrogen-bond donors (Lipinski definition) is 1. The van der Waals surface area contributed by atoms with E-state index in [4.69, 9.17) is 0 Å². The molecule has 4 nitrogen and oxygen atoms in total. The average molecular weight is 223 g/mol. The van der Waals surface area contributed by atoms with Crippen molar-refractivity contribution in [3.05, 3.63) is 28.2 Å². The Labute approximate surface area is 96.7 Å². The Morgan fingerprint density at radius 3 is 2.69 bits per heavy atom. The third-order valence-corrected chi connectivity index (χ3v) is 2.64. The topological polar surface area (TPSA) is 46.9 Å². The molecule has 1 rings (SSSR count). The number of aromatic nitrogens is 2. The number of nitrogens with one attached hydrogen (secondary N) is 1. The fourth-order valence-electron chi connectivity index (χ4n) is 1.64. The van der Waals surface area contributed by atoms with Gasteiger partial charge in [-0.1, -0.05) is 20.8 Å². The van der Waals surface area contributed by atoms with Crippen molar-refractivity contribution in [3.8, 4) is 0 Å². The van der Waals surface area contributed by atoms with Crippen LogP contribution in [0.2, 0.25) is 0 Å². The van der Waals surface area contributed by atoms with E-state index in [-0.39, 0.29) is 11.6 Å². The van der Waals surface area contributed by atoms with E-state index >= 15 is 0 Å². The lowest BCUT2D eigenvalue weighted by Gasteiger charge is -2.22. The van der Waals surface area contributed by atoms with Crippen LogP contribution in [-0.4, -0.2) is 22.4 Å². The summed E-state index contributed by atoms with van der Waals surface area (Å²) >= 11 is 0. The smallest absolute Gasteiger partial charge is 0.266 e. The lowest BCUT2D eigenvalue weighted by atomic mass is 10.0. The number of likely N-dealkylation sites (N-methyl/N-ethyl adjacent to an activating group) is 1. The van der Waals surface area contributed by atoms with E-state index in [0.29, 0.717) is 12.5 Å². The van der Waals surface area contributed by atoms with Gasteiger partial charge in [0.1, 0.15) is 0 Å². The van der Waals surface area contributed by atoms with Crippen molar-refractivity contribution in [2.75, 3.05) is 6.54 Å². The molecule has 0 saturated carbocycles. The number of nitrogens with zero attached hydrogens (tertiary/aromatic N) is 2. The maximum Gasteiger partial charge on any atom is 0.266 e. The Morgan fingerprint density at radius 2 is 2.12 bits per heavy atom. The third kappa shape index (κ3) is 3.45. The number of aryl methyl sites for hydroxylation is 1. The van der Waals surface area contributed by atoms with Crippen LogP contribution < -0.4 is 10.9 Å². The van der Waals surface area contributed by atoms with Crippen LogP contribution in [0.4, 0.5) is 0 Å². The molecule has 0 radical (unpaired) electrons. The second-order valence-electron chi connectivity index (χ2n) is 4.40. The van der Waals surface area contributed by atoms with Crippen LogP contribution in [0.5, 0.6) is 0 Å². The standard InChI is InChI=1S/C12H21N3O/c1-5-13-11(9(2)3)8-15-12(16)7-6-10(4)14-15/h6-7,9,11,13H,5,8H2,1-4H3. The second kappa shape index (κ2) is 5.80. The molecule has 4 heteroatoms. The number of hydrogen-bond acceptors (Lipinski definition) is 3. The highest BCUT2D eigenvalue weighted by molar-refractivity contribution is 4.97. The van der Waals surface area contributed by atoms with E-state index in [9.17, 15) is 4.79 Å².